The summed E-state index contributed by atoms with van der Waals surface area (Å²) in [5.74, 6) is 0.569. The van der Waals surface area contributed by atoms with Gasteiger partial charge in [-0.2, -0.15) is 0 Å². The lowest BCUT2D eigenvalue weighted by molar-refractivity contribution is 0.619. The second-order valence-corrected chi connectivity index (χ2v) is 13.6. The van der Waals surface area contributed by atoms with Gasteiger partial charge in [-0.25, -0.2) is 4.98 Å². The van der Waals surface area contributed by atoms with Gasteiger partial charge in [-0.1, -0.05) is 109 Å². The normalized spacial score (nSPS) is 11.7. The Morgan fingerprint density at radius 1 is 0.444 bits per heavy atom. The minimum Gasteiger partial charge on any atom is -0.456 e. The number of nitrogens with zero attached hydrogens (tertiary/aromatic N) is 3. The zero-order chi connectivity index (χ0) is 35.6. The van der Waals surface area contributed by atoms with Crippen LogP contribution >= 0.6 is 0 Å². The van der Waals surface area contributed by atoms with Crippen LogP contribution in [0.1, 0.15) is 0 Å². The average molecular weight is 694 g/mol. The van der Waals surface area contributed by atoms with Crippen molar-refractivity contribution in [3.05, 3.63) is 188 Å². The first-order valence-electron chi connectivity index (χ1n) is 18.1. The van der Waals surface area contributed by atoms with E-state index in [9.17, 15) is 0 Å². The van der Waals surface area contributed by atoms with E-state index < -0.39 is 0 Å². The SMILES string of the molecule is c1ccc(-c2ccccc2N(c2ccc(-c3nc4c(ccc5oc6ccccc6c54)o3)cc2)c2ccc3c4ccccc4n(-c4ccccc4)c3c2)cc1. The maximum atomic E-state index is 6.39. The van der Waals surface area contributed by atoms with Crippen LogP contribution in [0.25, 0.3) is 83.1 Å². The Balaban J connectivity index is 1.09. The van der Waals surface area contributed by atoms with Crippen molar-refractivity contribution in [1.29, 1.82) is 0 Å². The smallest absolute Gasteiger partial charge is 0.227 e. The van der Waals surface area contributed by atoms with Gasteiger partial charge in [0.1, 0.15) is 16.7 Å². The summed E-state index contributed by atoms with van der Waals surface area (Å²) in [6.45, 7) is 0. The van der Waals surface area contributed by atoms with E-state index in [-0.39, 0.29) is 0 Å². The molecule has 3 heterocycles. The Labute approximate surface area is 310 Å². The molecule has 3 aromatic heterocycles. The highest BCUT2D eigenvalue weighted by molar-refractivity contribution is 6.16. The van der Waals surface area contributed by atoms with E-state index in [1.165, 1.54) is 16.3 Å². The van der Waals surface area contributed by atoms with Crippen LogP contribution in [-0.4, -0.2) is 9.55 Å². The van der Waals surface area contributed by atoms with Crippen molar-refractivity contribution in [3.63, 3.8) is 0 Å². The zero-order valence-electron chi connectivity index (χ0n) is 29.1. The van der Waals surface area contributed by atoms with Crippen LogP contribution in [0.15, 0.2) is 197 Å². The van der Waals surface area contributed by atoms with Crippen molar-refractivity contribution >= 4 is 71.9 Å². The molecule has 0 amide bonds. The van der Waals surface area contributed by atoms with Gasteiger partial charge in [0.2, 0.25) is 5.89 Å². The second kappa shape index (κ2) is 12.1. The number of aromatic nitrogens is 2. The van der Waals surface area contributed by atoms with Gasteiger partial charge < -0.3 is 18.3 Å². The molecular weight excluding hydrogens is 663 g/mol. The molecule has 11 rings (SSSR count). The molecule has 5 nitrogen and oxygen atoms in total. The maximum absolute atomic E-state index is 6.39. The van der Waals surface area contributed by atoms with Crippen molar-refractivity contribution in [3.8, 4) is 28.3 Å². The standard InChI is InChI=1S/C49H31N3O2/c1-3-13-32(14-4-1)37-17-7-10-20-41(37)51(36-27-28-39-38-18-8-11-21-42(38)52(43(39)31-36)34-15-5-2-6-16-34)35-25-23-33(24-26-35)49-50-48-46(54-49)30-29-45-47(48)40-19-9-12-22-44(40)53-45/h1-31H. The van der Waals surface area contributed by atoms with E-state index in [1.807, 2.05) is 30.3 Å². The van der Waals surface area contributed by atoms with Crippen LogP contribution in [0.5, 0.6) is 0 Å². The molecule has 0 aliphatic heterocycles. The molecule has 0 N–H and O–H groups in total. The number of benzene rings is 8. The number of fused-ring (bicyclic) bond motifs is 8. The van der Waals surface area contributed by atoms with Gasteiger partial charge in [0.05, 0.1) is 22.1 Å². The lowest BCUT2D eigenvalue weighted by atomic mass is 10.0. The summed E-state index contributed by atoms with van der Waals surface area (Å²) in [6.07, 6.45) is 0. The second-order valence-electron chi connectivity index (χ2n) is 13.6. The van der Waals surface area contributed by atoms with Crippen molar-refractivity contribution < 1.29 is 8.83 Å². The van der Waals surface area contributed by atoms with Gasteiger partial charge in [0.15, 0.2) is 5.58 Å². The Kier molecular flexibility index (Phi) is 6.79. The molecule has 0 atom stereocenters. The number of anilines is 3. The summed E-state index contributed by atoms with van der Waals surface area (Å²) in [5, 5.41) is 4.44. The summed E-state index contributed by atoms with van der Waals surface area (Å²) >= 11 is 0. The quantitative estimate of drug-likeness (QED) is 0.174. The molecule has 54 heavy (non-hydrogen) atoms. The highest BCUT2D eigenvalue weighted by Gasteiger charge is 2.21. The summed E-state index contributed by atoms with van der Waals surface area (Å²) in [5.41, 5.74) is 12.9. The fourth-order valence-electron chi connectivity index (χ4n) is 7.99. The zero-order valence-corrected chi connectivity index (χ0v) is 29.1. The number of para-hydroxylation sites is 4. The molecule has 11 aromatic rings. The molecule has 0 fully saturated rings. The molecule has 0 aliphatic carbocycles. The van der Waals surface area contributed by atoms with E-state index in [1.54, 1.807) is 0 Å². The van der Waals surface area contributed by atoms with Gasteiger partial charge in [0, 0.05) is 44.3 Å². The highest BCUT2D eigenvalue weighted by Crippen LogP contribution is 2.44. The summed E-state index contributed by atoms with van der Waals surface area (Å²) in [6, 6.07) is 65.8. The molecule has 254 valence electrons. The first-order valence-corrected chi connectivity index (χ1v) is 18.1. The molecule has 0 unspecified atom stereocenters. The van der Waals surface area contributed by atoms with Gasteiger partial charge >= 0.3 is 0 Å². The Morgan fingerprint density at radius 2 is 1.11 bits per heavy atom. The summed E-state index contributed by atoms with van der Waals surface area (Å²) in [7, 11) is 0. The first-order chi connectivity index (χ1) is 26.8. The van der Waals surface area contributed by atoms with Crippen LogP contribution in [0, 0.1) is 0 Å². The summed E-state index contributed by atoms with van der Waals surface area (Å²) < 4.78 is 14.9. The predicted molar refractivity (Wildman–Crippen MR) is 221 cm³/mol. The lowest BCUT2D eigenvalue weighted by Crippen LogP contribution is -2.11. The van der Waals surface area contributed by atoms with Crippen LogP contribution in [0.4, 0.5) is 17.1 Å². The van der Waals surface area contributed by atoms with E-state index >= 15 is 0 Å². The van der Waals surface area contributed by atoms with Crippen molar-refractivity contribution in [2.75, 3.05) is 4.90 Å². The monoisotopic (exact) mass is 693 g/mol. The van der Waals surface area contributed by atoms with Gasteiger partial charge in [-0.05, 0) is 84.4 Å². The Morgan fingerprint density at radius 3 is 1.96 bits per heavy atom. The molecule has 0 saturated heterocycles. The van der Waals surface area contributed by atoms with Gasteiger partial charge in [-0.15, -0.1) is 0 Å². The van der Waals surface area contributed by atoms with E-state index in [0.717, 1.165) is 78.0 Å². The minimum absolute atomic E-state index is 0.569. The van der Waals surface area contributed by atoms with Crippen LogP contribution in [0.2, 0.25) is 0 Å². The minimum atomic E-state index is 0.569. The van der Waals surface area contributed by atoms with Gasteiger partial charge in [-0.3, -0.25) is 0 Å². The van der Waals surface area contributed by atoms with Crippen LogP contribution < -0.4 is 4.90 Å². The molecule has 0 radical (unpaired) electrons. The molecular formula is C49H31N3O2. The number of rotatable bonds is 6. The van der Waals surface area contributed by atoms with Crippen LogP contribution in [0.3, 0.4) is 0 Å². The lowest BCUT2D eigenvalue weighted by Gasteiger charge is -2.28. The molecule has 8 aromatic carbocycles. The molecule has 5 heteroatoms. The third kappa shape index (κ3) is 4.76. The predicted octanol–water partition coefficient (Wildman–Crippen LogP) is 13.6. The molecule has 0 saturated carbocycles. The molecule has 0 aliphatic rings. The largest absolute Gasteiger partial charge is 0.456 e. The third-order valence-electron chi connectivity index (χ3n) is 10.4. The number of furan rings is 1. The van der Waals surface area contributed by atoms with E-state index in [2.05, 4.69) is 167 Å². The third-order valence-corrected chi connectivity index (χ3v) is 10.4. The van der Waals surface area contributed by atoms with Gasteiger partial charge in [0.25, 0.3) is 0 Å². The molecule has 0 bridgehead atoms. The number of oxazole rings is 1. The van der Waals surface area contributed by atoms with Crippen molar-refractivity contribution in [1.82, 2.24) is 9.55 Å². The average Bonchev–Trinajstić information content (AvgIpc) is 3.94. The fourth-order valence-corrected chi connectivity index (χ4v) is 7.99. The first kappa shape index (κ1) is 30.3. The Bertz CT molecular complexity index is 3160. The highest BCUT2D eigenvalue weighted by atomic mass is 16.4. The van der Waals surface area contributed by atoms with Crippen molar-refractivity contribution in [2.24, 2.45) is 0 Å². The molecule has 0 spiro atoms. The number of hydrogen-bond acceptors (Lipinski definition) is 4. The van der Waals surface area contributed by atoms with E-state index in [4.69, 9.17) is 13.8 Å². The van der Waals surface area contributed by atoms with Crippen LogP contribution in [-0.2, 0) is 0 Å². The number of hydrogen-bond donors (Lipinski definition) is 0. The maximum Gasteiger partial charge on any atom is 0.227 e. The Hall–Kier alpha value is -7.37. The fraction of sp³-hybridized carbons (Fsp3) is 0. The topological polar surface area (TPSA) is 47.3 Å². The van der Waals surface area contributed by atoms with E-state index in [0.29, 0.717) is 5.89 Å². The summed E-state index contributed by atoms with van der Waals surface area (Å²) in [4.78, 5) is 7.38. The van der Waals surface area contributed by atoms with Crippen molar-refractivity contribution in [2.45, 2.75) is 0 Å².